The van der Waals surface area contributed by atoms with Gasteiger partial charge in [-0.1, -0.05) is 48.5 Å². The Morgan fingerprint density at radius 1 is 1.00 bits per heavy atom. The highest BCUT2D eigenvalue weighted by atomic mass is 16.6. The topological polar surface area (TPSA) is 59.0 Å². The quantitative estimate of drug-likeness (QED) is 0.836. The Morgan fingerprint density at radius 3 is 2.17 bits per heavy atom. The minimum atomic E-state index is -0.579. The van der Waals surface area contributed by atoms with E-state index in [0.717, 1.165) is 25.7 Å². The fourth-order valence-electron chi connectivity index (χ4n) is 4.45. The molecule has 1 amide bonds. The van der Waals surface area contributed by atoms with E-state index >= 15 is 0 Å². The molecule has 2 aromatic rings. The van der Waals surface area contributed by atoms with Crippen molar-refractivity contribution in [3.8, 4) is 11.1 Å². The van der Waals surface area contributed by atoms with E-state index in [1.807, 2.05) is 12.1 Å². The number of aliphatic hydroxyl groups is 1. The van der Waals surface area contributed by atoms with E-state index in [1.54, 1.807) is 4.90 Å². The maximum Gasteiger partial charge on any atom is 0.409 e. The second-order valence-electron chi connectivity index (χ2n) is 8.53. The van der Waals surface area contributed by atoms with Gasteiger partial charge in [0.1, 0.15) is 6.61 Å². The Labute approximate surface area is 171 Å². The van der Waals surface area contributed by atoms with Gasteiger partial charge in [-0.3, -0.25) is 0 Å². The SMILES string of the molecule is O=C(OCC1c2ccccc2-c2ccccc21)N1CCC(OCC2(O)CC2)CC1. The lowest BCUT2D eigenvalue weighted by Crippen LogP contribution is -2.42. The number of carbonyl (C=O) groups is 1. The zero-order chi connectivity index (χ0) is 19.8. The van der Waals surface area contributed by atoms with Crippen molar-refractivity contribution in [2.45, 2.75) is 43.3 Å². The molecule has 2 aromatic carbocycles. The Balaban J connectivity index is 1.16. The summed E-state index contributed by atoms with van der Waals surface area (Å²) in [6.45, 7) is 2.05. The van der Waals surface area contributed by atoms with Gasteiger partial charge in [0.25, 0.3) is 0 Å². The van der Waals surface area contributed by atoms with Crippen LogP contribution in [-0.4, -0.2) is 54.1 Å². The number of amides is 1. The summed E-state index contributed by atoms with van der Waals surface area (Å²) in [4.78, 5) is 14.4. The zero-order valence-electron chi connectivity index (χ0n) is 16.5. The number of hydrogen-bond donors (Lipinski definition) is 1. The minimum absolute atomic E-state index is 0.0894. The van der Waals surface area contributed by atoms with E-state index in [9.17, 15) is 9.90 Å². The first kappa shape index (κ1) is 18.6. The summed E-state index contributed by atoms with van der Waals surface area (Å²) in [7, 11) is 0. The third-order valence-corrected chi connectivity index (χ3v) is 6.45. The van der Waals surface area contributed by atoms with Gasteiger partial charge in [-0.15, -0.1) is 0 Å². The Bertz CT molecular complexity index is 854. The van der Waals surface area contributed by atoms with Crippen LogP contribution in [0, 0.1) is 0 Å². The molecular weight excluding hydrogens is 366 g/mol. The molecule has 0 bridgehead atoms. The van der Waals surface area contributed by atoms with Gasteiger partial charge in [-0.2, -0.15) is 0 Å². The van der Waals surface area contributed by atoms with Crippen molar-refractivity contribution in [2.75, 3.05) is 26.3 Å². The molecule has 2 fully saturated rings. The van der Waals surface area contributed by atoms with Crippen molar-refractivity contribution in [1.29, 1.82) is 0 Å². The Morgan fingerprint density at radius 2 is 1.59 bits per heavy atom. The highest BCUT2D eigenvalue weighted by Gasteiger charge is 2.41. The van der Waals surface area contributed by atoms with Crippen LogP contribution in [-0.2, 0) is 9.47 Å². The number of hydrogen-bond acceptors (Lipinski definition) is 4. The van der Waals surface area contributed by atoms with E-state index in [4.69, 9.17) is 9.47 Å². The lowest BCUT2D eigenvalue weighted by molar-refractivity contribution is -0.0433. The molecule has 3 aliphatic rings. The third-order valence-electron chi connectivity index (χ3n) is 6.45. The summed E-state index contributed by atoms with van der Waals surface area (Å²) in [5.41, 5.74) is 4.35. The van der Waals surface area contributed by atoms with Crippen LogP contribution in [0.5, 0.6) is 0 Å². The molecule has 0 unspecified atom stereocenters. The molecule has 5 rings (SSSR count). The van der Waals surface area contributed by atoms with Crippen LogP contribution in [0.1, 0.15) is 42.7 Å². The molecule has 1 saturated carbocycles. The van der Waals surface area contributed by atoms with Crippen LogP contribution >= 0.6 is 0 Å². The van der Waals surface area contributed by atoms with Gasteiger partial charge in [0.2, 0.25) is 0 Å². The minimum Gasteiger partial charge on any atom is -0.448 e. The van der Waals surface area contributed by atoms with Crippen LogP contribution in [0.25, 0.3) is 11.1 Å². The second kappa shape index (κ2) is 7.47. The van der Waals surface area contributed by atoms with Crippen LogP contribution in [0.4, 0.5) is 4.79 Å². The standard InChI is InChI=1S/C24H27NO4/c26-23(25-13-9-17(10-14-25)29-16-24(27)11-12-24)28-15-22-20-7-3-1-5-18(20)19-6-2-4-8-21(19)22/h1-8,17,22,27H,9-16H2. The number of rotatable bonds is 5. The van der Waals surface area contributed by atoms with Crippen molar-refractivity contribution in [1.82, 2.24) is 4.90 Å². The van der Waals surface area contributed by atoms with Crippen molar-refractivity contribution >= 4 is 6.09 Å². The molecule has 2 aliphatic carbocycles. The maximum atomic E-state index is 12.6. The molecule has 0 atom stereocenters. The summed E-state index contributed by atoms with van der Waals surface area (Å²) >= 11 is 0. The van der Waals surface area contributed by atoms with Crippen LogP contribution < -0.4 is 0 Å². The van der Waals surface area contributed by atoms with E-state index < -0.39 is 5.60 Å². The summed E-state index contributed by atoms with van der Waals surface area (Å²) < 4.78 is 11.6. The second-order valence-corrected chi connectivity index (χ2v) is 8.53. The van der Waals surface area contributed by atoms with E-state index in [0.29, 0.717) is 26.3 Å². The Hall–Kier alpha value is -2.37. The fourth-order valence-corrected chi connectivity index (χ4v) is 4.45. The zero-order valence-corrected chi connectivity index (χ0v) is 16.5. The first-order valence-corrected chi connectivity index (χ1v) is 10.6. The van der Waals surface area contributed by atoms with Crippen LogP contribution in [0.2, 0.25) is 0 Å². The number of benzene rings is 2. The molecule has 0 aromatic heterocycles. The first-order valence-electron chi connectivity index (χ1n) is 10.6. The molecule has 1 N–H and O–H groups in total. The maximum absolute atomic E-state index is 12.6. The molecule has 1 saturated heterocycles. The lowest BCUT2D eigenvalue weighted by atomic mass is 9.98. The summed E-state index contributed by atoms with van der Waals surface area (Å²) in [5, 5.41) is 9.90. The van der Waals surface area contributed by atoms with Gasteiger partial charge >= 0.3 is 6.09 Å². The fraction of sp³-hybridized carbons (Fsp3) is 0.458. The van der Waals surface area contributed by atoms with Gasteiger partial charge < -0.3 is 19.5 Å². The number of nitrogens with zero attached hydrogens (tertiary/aromatic N) is 1. The van der Waals surface area contributed by atoms with E-state index in [-0.39, 0.29) is 18.1 Å². The van der Waals surface area contributed by atoms with Crippen LogP contribution in [0.15, 0.2) is 48.5 Å². The van der Waals surface area contributed by atoms with Crippen molar-refractivity contribution in [3.05, 3.63) is 59.7 Å². The van der Waals surface area contributed by atoms with Crippen LogP contribution in [0.3, 0.4) is 0 Å². The molecule has 0 spiro atoms. The molecule has 0 radical (unpaired) electrons. The average Bonchev–Trinajstić information content (AvgIpc) is 3.42. The van der Waals surface area contributed by atoms with Crippen molar-refractivity contribution in [3.63, 3.8) is 0 Å². The smallest absolute Gasteiger partial charge is 0.409 e. The molecule has 1 aliphatic heterocycles. The molecule has 1 heterocycles. The third kappa shape index (κ3) is 3.77. The van der Waals surface area contributed by atoms with E-state index in [1.165, 1.54) is 22.3 Å². The summed E-state index contributed by atoms with van der Waals surface area (Å²) in [6, 6.07) is 16.7. The molecular formula is C24H27NO4. The summed E-state index contributed by atoms with van der Waals surface area (Å²) in [6.07, 6.45) is 3.14. The first-order chi connectivity index (χ1) is 14.1. The number of ether oxygens (including phenoxy) is 2. The molecule has 5 nitrogen and oxygen atoms in total. The molecule has 5 heteroatoms. The largest absolute Gasteiger partial charge is 0.448 e. The van der Waals surface area contributed by atoms with Gasteiger partial charge in [0, 0.05) is 19.0 Å². The monoisotopic (exact) mass is 393 g/mol. The van der Waals surface area contributed by atoms with Gasteiger partial charge in [-0.25, -0.2) is 4.79 Å². The number of piperidine rings is 1. The number of carbonyl (C=O) groups excluding carboxylic acids is 1. The average molecular weight is 393 g/mol. The van der Waals surface area contributed by atoms with Crippen molar-refractivity contribution < 1.29 is 19.4 Å². The van der Waals surface area contributed by atoms with Gasteiger partial charge in [0.15, 0.2) is 0 Å². The summed E-state index contributed by atoms with van der Waals surface area (Å²) in [5.74, 6) is 0.0894. The van der Waals surface area contributed by atoms with Gasteiger partial charge in [0.05, 0.1) is 18.3 Å². The molecule has 152 valence electrons. The number of likely N-dealkylation sites (tertiary alicyclic amines) is 1. The highest BCUT2D eigenvalue weighted by molar-refractivity contribution is 5.79. The predicted molar refractivity (Wildman–Crippen MR) is 110 cm³/mol. The Kier molecular flexibility index (Phi) is 4.80. The van der Waals surface area contributed by atoms with Gasteiger partial charge in [-0.05, 0) is 47.9 Å². The predicted octanol–water partition coefficient (Wildman–Crippen LogP) is 3.94. The number of fused-ring (bicyclic) bond motifs is 3. The van der Waals surface area contributed by atoms with E-state index in [2.05, 4.69) is 36.4 Å². The normalized spacial score (nSPS) is 20.2. The highest BCUT2D eigenvalue weighted by Crippen LogP contribution is 2.44. The van der Waals surface area contributed by atoms with Crippen molar-refractivity contribution in [2.24, 2.45) is 0 Å². The lowest BCUT2D eigenvalue weighted by Gasteiger charge is -2.32. The molecule has 29 heavy (non-hydrogen) atoms.